The number of likely N-dealkylation sites (tertiary alicyclic amines) is 1. The summed E-state index contributed by atoms with van der Waals surface area (Å²) < 4.78 is 0. The van der Waals surface area contributed by atoms with Gasteiger partial charge in [0.05, 0.1) is 0 Å². The maximum Gasteiger partial charge on any atom is 0.296 e. The Bertz CT molecular complexity index is 251. The van der Waals surface area contributed by atoms with Gasteiger partial charge < -0.3 is 10.2 Å². The van der Waals surface area contributed by atoms with Gasteiger partial charge in [0.25, 0.3) is 5.91 Å². The molecule has 0 aromatic carbocycles. The van der Waals surface area contributed by atoms with Crippen LogP contribution in [0.15, 0.2) is 0 Å². The van der Waals surface area contributed by atoms with Crippen molar-refractivity contribution in [1.82, 2.24) is 10.2 Å². The summed E-state index contributed by atoms with van der Waals surface area (Å²) in [5.41, 5.74) is 0. The van der Waals surface area contributed by atoms with E-state index in [-0.39, 0.29) is 11.9 Å². The number of amides is 1. The van der Waals surface area contributed by atoms with Crippen LogP contribution in [0.4, 0.5) is 0 Å². The van der Waals surface area contributed by atoms with Crippen molar-refractivity contribution in [1.29, 1.82) is 0 Å². The fraction of sp³-hybridized carbons (Fsp3) is 0.700. The van der Waals surface area contributed by atoms with Crippen molar-refractivity contribution in [2.75, 3.05) is 20.1 Å². The molecule has 1 rings (SSSR count). The molecule has 1 heterocycles. The van der Waals surface area contributed by atoms with Crippen LogP contribution in [-0.4, -0.2) is 37.0 Å². The molecule has 0 radical (unpaired) electrons. The van der Waals surface area contributed by atoms with Crippen molar-refractivity contribution in [3.05, 3.63) is 0 Å². The van der Waals surface area contributed by atoms with E-state index in [1.54, 1.807) is 6.92 Å². The molecule has 1 saturated heterocycles. The molecule has 1 amide bonds. The molecule has 2 unspecified atom stereocenters. The Labute approximate surface area is 79.5 Å². The average Bonchev–Trinajstić information content (AvgIpc) is 2.30. The number of carbonyl (C=O) groups is 1. The Kier molecular flexibility index (Phi) is 3.32. The lowest BCUT2D eigenvalue weighted by Gasteiger charge is -2.13. The van der Waals surface area contributed by atoms with Gasteiger partial charge in [-0.25, -0.2) is 0 Å². The van der Waals surface area contributed by atoms with E-state index >= 15 is 0 Å². The standard InChI is InChI=1S/C10H16N2O/c1-4-5-10(13)11-9-7-12(3)6-8(9)2/h8-9H,6-7H2,1-3H3,(H,11,13). The van der Waals surface area contributed by atoms with Crippen LogP contribution in [0.1, 0.15) is 13.8 Å². The van der Waals surface area contributed by atoms with Crippen LogP contribution in [0.25, 0.3) is 0 Å². The van der Waals surface area contributed by atoms with E-state index in [0.717, 1.165) is 13.1 Å². The molecule has 0 bridgehead atoms. The minimum Gasteiger partial charge on any atom is -0.341 e. The first-order valence-electron chi connectivity index (χ1n) is 4.55. The first kappa shape index (κ1) is 10.1. The fourth-order valence-corrected chi connectivity index (χ4v) is 1.72. The van der Waals surface area contributed by atoms with Crippen molar-refractivity contribution >= 4 is 5.91 Å². The summed E-state index contributed by atoms with van der Waals surface area (Å²) >= 11 is 0. The van der Waals surface area contributed by atoms with Crippen LogP contribution < -0.4 is 5.32 Å². The summed E-state index contributed by atoms with van der Waals surface area (Å²) in [7, 11) is 2.06. The summed E-state index contributed by atoms with van der Waals surface area (Å²) in [6.07, 6.45) is 0. The van der Waals surface area contributed by atoms with E-state index in [9.17, 15) is 4.79 Å². The lowest BCUT2D eigenvalue weighted by Crippen LogP contribution is -2.38. The fourth-order valence-electron chi connectivity index (χ4n) is 1.72. The van der Waals surface area contributed by atoms with Gasteiger partial charge in [-0.05, 0) is 25.8 Å². The minimum atomic E-state index is -0.158. The molecule has 1 N–H and O–H groups in total. The van der Waals surface area contributed by atoms with Crippen molar-refractivity contribution in [3.8, 4) is 11.8 Å². The molecule has 3 nitrogen and oxygen atoms in total. The molecule has 2 atom stereocenters. The van der Waals surface area contributed by atoms with Gasteiger partial charge in [-0.1, -0.05) is 12.8 Å². The first-order valence-corrected chi connectivity index (χ1v) is 4.55. The maximum atomic E-state index is 11.1. The summed E-state index contributed by atoms with van der Waals surface area (Å²) in [5.74, 6) is 5.44. The van der Waals surface area contributed by atoms with E-state index in [4.69, 9.17) is 0 Å². The molecular weight excluding hydrogens is 164 g/mol. The zero-order valence-electron chi connectivity index (χ0n) is 8.42. The number of nitrogens with zero attached hydrogens (tertiary/aromatic N) is 1. The van der Waals surface area contributed by atoms with Gasteiger partial charge in [0.2, 0.25) is 0 Å². The third-order valence-corrected chi connectivity index (χ3v) is 2.35. The van der Waals surface area contributed by atoms with E-state index in [2.05, 4.69) is 36.0 Å². The summed E-state index contributed by atoms with van der Waals surface area (Å²) in [6.45, 7) is 5.79. The average molecular weight is 180 g/mol. The summed E-state index contributed by atoms with van der Waals surface area (Å²) in [6, 6.07) is 0.262. The number of hydrogen-bond donors (Lipinski definition) is 1. The van der Waals surface area contributed by atoms with Crippen LogP contribution in [0.5, 0.6) is 0 Å². The number of likely N-dealkylation sites (N-methyl/N-ethyl adjacent to an activating group) is 1. The Morgan fingerprint density at radius 3 is 2.69 bits per heavy atom. The first-order chi connectivity index (χ1) is 6.13. The molecule has 1 aliphatic heterocycles. The van der Waals surface area contributed by atoms with E-state index in [1.165, 1.54) is 0 Å². The van der Waals surface area contributed by atoms with Gasteiger partial charge >= 0.3 is 0 Å². The van der Waals surface area contributed by atoms with Gasteiger partial charge in [0.15, 0.2) is 0 Å². The molecule has 0 aromatic rings. The van der Waals surface area contributed by atoms with Crippen LogP contribution in [-0.2, 0) is 4.79 Å². The van der Waals surface area contributed by atoms with Gasteiger partial charge in [-0.15, -0.1) is 0 Å². The van der Waals surface area contributed by atoms with E-state index in [0.29, 0.717) is 5.92 Å². The van der Waals surface area contributed by atoms with E-state index in [1.807, 2.05) is 0 Å². The van der Waals surface area contributed by atoms with Crippen LogP contribution in [0.2, 0.25) is 0 Å². The Morgan fingerprint density at radius 2 is 2.23 bits per heavy atom. The second-order valence-electron chi connectivity index (χ2n) is 3.65. The third kappa shape index (κ3) is 2.74. The summed E-state index contributed by atoms with van der Waals surface area (Å²) in [4.78, 5) is 13.4. The Balaban J connectivity index is 2.44. The van der Waals surface area contributed by atoms with E-state index < -0.39 is 0 Å². The maximum absolute atomic E-state index is 11.1. The second kappa shape index (κ2) is 4.29. The predicted octanol–water partition coefficient (Wildman–Crippen LogP) is 0.0760. The smallest absolute Gasteiger partial charge is 0.296 e. The topological polar surface area (TPSA) is 32.3 Å². The van der Waals surface area contributed by atoms with Gasteiger partial charge in [0, 0.05) is 19.1 Å². The highest BCUT2D eigenvalue weighted by atomic mass is 16.1. The molecule has 0 aromatic heterocycles. The SMILES string of the molecule is CC#CC(=O)NC1CN(C)CC1C. The molecule has 13 heavy (non-hydrogen) atoms. The molecule has 3 heteroatoms. The third-order valence-electron chi connectivity index (χ3n) is 2.35. The molecule has 0 aliphatic carbocycles. The second-order valence-corrected chi connectivity index (χ2v) is 3.65. The number of rotatable bonds is 1. The highest BCUT2D eigenvalue weighted by molar-refractivity contribution is 5.93. The molecular formula is C10H16N2O. The lowest BCUT2D eigenvalue weighted by molar-refractivity contribution is -0.116. The quantitative estimate of drug-likeness (QED) is 0.579. The molecule has 72 valence electrons. The Morgan fingerprint density at radius 1 is 1.54 bits per heavy atom. The van der Waals surface area contributed by atoms with Crippen LogP contribution >= 0.6 is 0 Å². The molecule has 0 saturated carbocycles. The molecule has 1 aliphatic rings. The normalized spacial score (nSPS) is 27.9. The predicted molar refractivity (Wildman–Crippen MR) is 52.0 cm³/mol. The van der Waals surface area contributed by atoms with Gasteiger partial charge in [0.1, 0.15) is 0 Å². The highest BCUT2D eigenvalue weighted by Gasteiger charge is 2.27. The van der Waals surface area contributed by atoms with Crippen molar-refractivity contribution in [2.45, 2.75) is 19.9 Å². The Hall–Kier alpha value is -1.01. The van der Waals surface area contributed by atoms with Crippen molar-refractivity contribution in [2.24, 2.45) is 5.92 Å². The van der Waals surface area contributed by atoms with Gasteiger partial charge in [-0.3, -0.25) is 4.79 Å². The van der Waals surface area contributed by atoms with Crippen molar-refractivity contribution in [3.63, 3.8) is 0 Å². The number of nitrogens with one attached hydrogen (secondary N) is 1. The van der Waals surface area contributed by atoms with Crippen LogP contribution in [0.3, 0.4) is 0 Å². The minimum absolute atomic E-state index is 0.158. The molecule has 0 spiro atoms. The lowest BCUT2D eigenvalue weighted by atomic mass is 10.1. The van der Waals surface area contributed by atoms with Gasteiger partial charge in [-0.2, -0.15) is 0 Å². The zero-order valence-corrected chi connectivity index (χ0v) is 8.42. The molecule has 1 fully saturated rings. The monoisotopic (exact) mass is 180 g/mol. The summed E-state index contributed by atoms with van der Waals surface area (Å²) in [5, 5.41) is 2.91. The highest BCUT2D eigenvalue weighted by Crippen LogP contribution is 2.13. The van der Waals surface area contributed by atoms with Crippen LogP contribution in [0, 0.1) is 17.8 Å². The number of carbonyl (C=O) groups excluding carboxylic acids is 1. The van der Waals surface area contributed by atoms with Crippen molar-refractivity contribution < 1.29 is 4.79 Å². The number of hydrogen-bond acceptors (Lipinski definition) is 2. The largest absolute Gasteiger partial charge is 0.341 e. The zero-order chi connectivity index (χ0) is 9.84.